The highest BCUT2D eigenvalue weighted by atomic mass is 16.3. The summed E-state index contributed by atoms with van der Waals surface area (Å²) >= 11 is 0. The number of likely N-dealkylation sites (tertiary alicyclic amines) is 1. The minimum atomic E-state index is -0.664. The lowest BCUT2D eigenvalue weighted by molar-refractivity contribution is -0.159. The third kappa shape index (κ3) is 3.14. The van der Waals surface area contributed by atoms with Crippen LogP contribution in [0.3, 0.4) is 0 Å². The quantitative estimate of drug-likeness (QED) is 0.827. The van der Waals surface area contributed by atoms with Crippen molar-refractivity contribution >= 4 is 0 Å². The van der Waals surface area contributed by atoms with Crippen molar-refractivity contribution in [2.75, 3.05) is 7.05 Å². The van der Waals surface area contributed by atoms with Crippen LogP contribution in [0, 0.1) is 11.8 Å². The first-order chi connectivity index (χ1) is 12.0. The van der Waals surface area contributed by atoms with Gasteiger partial charge in [0.25, 0.3) is 0 Å². The Labute approximate surface area is 152 Å². The first kappa shape index (κ1) is 18.2. The summed E-state index contributed by atoms with van der Waals surface area (Å²) in [5.41, 5.74) is 1.92. The van der Waals surface area contributed by atoms with E-state index in [9.17, 15) is 5.11 Å². The molecule has 25 heavy (non-hydrogen) atoms. The van der Waals surface area contributed by atoms with Gasteiger partial charge in [0.2, 0.25) is 0 Å². The topological polar surface area (TPSA) is 23.5 Å². The SMILES string of the molecule is CCCC1(O)[C@@H](C)[C@@H](c2ccccc2)N(C)[C@@H](c2ccccc2)[C@@H]1C. The normalized spacial score (nSPS) is 33.3. The minimum Gasteiger partial charge on any atom is -0.389 e. The van der Waals surface area contributed by atoms with E-state index in [1.807, 2.05) is 0 Å². The van der Waals surface area contributed by atoms with Gasteiger partial charge < -0.3 is 5.11 Å². The monoisotopic (exact) mass is 337 g/mol. The predicted molar refractivity (Wildman–Crippen MR) is 104 cm³/mol. The Morgan fingerprint density at radius 1 is 0.840 bits per heavy atom. The van der Waals surface area contributed by atoms with Crippen molar-refractivity contribution in [1.29, 1.82) is 0 Å². The standard InChI is InChI=1S/C23H31NO/c1-5-16-23(25)17(2)21(19-12-8-6-9-13-19)24(4)22(18(23)3)20-14-10-7-11-15-20/h6-15,17-18,21-22,25H,5,16H2,1-4H3/t17-,18-,21-,22+,23?/m0/s1. The Kier molecular flexibility index (Phi) is 5.31. The van der Waals surface area contributed by atoms with Gasteiger partial charge in [-0.15, -0.1) is 0 Å². The van der Waals surface area contributed by atoms with Crippen LogP contribution in [0.2, 0.25) is 0 Å². The number of hydrogen-bond donors (Lipinski definition) is 1. The molecule has 0 aromatic heterocycles. The summed E-state index contributed by atoms with van der Waals surface area (Å²) in [5, 5.41) is 11.8. The van der Waals surface area contributed by atoms with Crippen LogP contribution in [0.5, 0.6) is 0 Å². The number of nitrogens with zero attached hydrogens (tertiary/aromatic N) is 1. The summed E-state index contributed by atoms with van der Waals surface area (Å²) in [4.78, 5) is 2.48. The van der Waals surface area contributed by atoms with Gasteiger partial charge in [0.05, 0.1) is 5.60 Å². The summed E-state index contributed by atoms with van der Waals surface area (Å²) < 4.78 is 0. The molecule has 1 fully saturated rings. The average Bonchev–Trinajstić information content (AvgIpc) is 2.63. The van der Waals surface area contributed by atoms with Gasteiger partial charge in [-0.3, -0.25) is 4.90 Å². The van der Waals surface area contributed by atoms with E-state index in [4.69, 9.17) is 0 Å². The summed E-state index contributed by atoms with van der Waals surface area (Å²) in [6, 6.07) is 21.7. The molecule has 2 aromatic rings. The van der Waals surface area contributed by atoms with E-state index in [1.54, 1.807) is 0 Å². The Hall–Kier alpha value is -1.64. The van der Waals surface area contributed by atoms with Crippen LogP contribution in [0.15, 0.2) is 60.7 Å². The first-order valence-corrected chi connectivity index (χ1v) is 9.55. The predicted octanol–water partition coefficient (Wildman–Crippen LogP) is 5.22. The molecule has 0 aliphatic carbocycles. The van der Waals surface area contributed by atoms with Crippen molar-refractivity contribution < 1.29 is 5.11 Å². The smallest absolute Gasteiger partial charge is 0.0734 e. The maximum Gasteiger partial charge on any atom is 0.0734 e. The highest BCUT2D eigenvalue weighted by molar-refractivity contribution is 5.28. The van der Waals surface area contributed by atoms with Gasteiger partial charge in [-0.25, -0.2) is 0 Å². The van der Waals surface area contributed by atoms with Crippen molar-refractivity contribution in [1.82, 2.24) is 4.90 Å². The van der Waals surface area contributed by atoms with Crippen LogP contribution in [-0.4, -0.2) is 22.7 Å². The van der Waals surface area contributed by atoms with E-state index < -0.39 is 5.60 Å². The molecule has 0 spiro atoms. The van der Waals surface area contributed by atoms with Gasteiger partial charge in [0, 0.05) is 23.9 Å². The zero-order chi connectivity index (χ0) is 18.0. The molecule has 1 saturated heterocycles. The molecular formula is C23H31NO. The molecule has 1 N–H and O–H groups in total. The fourth-order valence-corrected chi connectivity index (χ4v) is 5.04. The Morgan fingerprint density at radius 2 is 1.24 bits per heavy atom. The molecular weight excluding hydrogens is 306 g/mol. The van der Waals surface area contributed by atoms with E-state index >= 15 is 0 Å². The van der Waals surface area contributed by atoms with Gasteiger partial charge in [0.1, 0.15) is 0 Å². The minimum absolute atomic E-state index is 0.176. The van der Waals surface area contributed by atoms with Crippen LogP contribution in [0.4, 0.5) is 0 Å². The van der Waals surface area contributed by atoms with E-state index in [0.29, 0.717) is 0 Å². The zero-order valence-corrected chi connectivity index (χ0v) is 15.9. The third-order valence-electron chi connectivity index (χ3n) is 6.33. The van der Waals surface area contributed by atoms with E-state index in [0.717, 1.165) is 12.8 Å². The van der Waals surface area contributed by atoms with Gasteiger partial charge in [-0.05, 0) is 24.6 Å². The third-order valence-corrected chi connectivity index (χ3v) is 6.33. The van der Waals surface area contributed by atoms with Crippen molar-refractivity contribution in [3.63, 3.8) is 0 Å². The lowest BCUT2D eigenvalue weighted by Crippen LogP contribution is -2.57. The van der Waals surface area contributed by atoms with Gasteiger partial charge >= 0.3 is 0 Å². The van der Waals surface area contributed by atoms with E-state index in [-0.39, 0.29) is 23.9 Å². The number of benzene rings is 2. The molecule has 2 aromatic carbocycles. The van der Waals surface area contributed by atoms with Gasteiger partial charge in [-0.2, -0.15) is 0 Å². The lowest BCUT2D eigenvalue weighted by atomic mass is 9.63. The van der Waals surface area contributed by atoms with E-state index in [2.05, 4.69) is 93.4 Å². The van der Waals surface area contributed by atoms with Crippen LogP contribution in [0.25, 0.3) is 0 Å². The molecule has 0 radical (unpaired) electrons. The molecule has 1 aliphatic rings. The fraction of sp³-hybridized carbons (Fsp3) is 0.478. The highest BCUT2D eigenvalue weighted by Gasteiger charge is 2.53. The summed E-state index contributed by atoms with van der Waals surface area (Å²) in [6.07, 6.45) is 1.84. The van der Waals surface area contributed by atoms with Crippen molar-refractivity contribution in [3.8, 4) is 0 Å². The van der Waals surface area contributed by atoms with Crippen molar-refractivity contribution in [2.45, 2.75) is 51.3 Å². The Bertz CT molecular complexity index is 616. The van der Waals surface area contributed by atoms with Gasteiger partial charge in [-0.1, -0.05) is 87.9 Å². The molecule has 134 valence electrons. The summed E-state index contributed by atoms with van der Waals surface area (Å²) in [7, 11) is 2.22. The number of rotatable bonds is 4. The molecule has 2 nitrogen and oxygen atoms in total. The first-order valence-electron chi connectivity index (χ1n) is 9.55. The van der Waals surface area contributed by atoms with Crippen molar-refractivity contribution in [3.05, 3.63) is 71.8 Å². The Balaban J connectivity index is 2.10. The number of aliphatic hydroxyl groups is 1. The van der Waals surface area contributed by atoms with Crippen LogP contribution in [-0.2, 0) is 0 Å². The zero-order valence-electron chi connectivity index (χ0n) is 15.9. The molecule has 0 amide bonds. The van der Waals surface area contributed by atoms with Crippen LogP contribution < -0.4 is 0 Å². The summed E-state index contributed by atoms with van der Waals surface area (Å²) in [6.45, 7) is 6.62. The molecule has 0 saturated carbocycles. The molecule has 1 aliphatic heterocycles. The lowest BCUT2D eigenvalue weighted by Gasteiger charge is -2.56. The second-order valence-electron chi connectivity index (χ2n) is 7.70. The maximum atomic E-state index is 11.8. The molecule has 5 atom stereocenters. The second-order valence-corrected chi connectivity index (χ2v) is 7.70. The van der Waals surface area contributed by atoms with Gasteiger partial charge in [0.15, 0.2) is 0 Å². The molecule has 1 unspecified atom stereocenters. The Morgan fingerprint density at radius 3 is 1.60 bits per heavy atom. The maximum absolute atomic E-state index is 11.8. The largest absolute Gasteiger partial charge is 0.389 e. The fourth-order valence-electron chi connectivity index (χ4n) is 5.04. The van der Waals surface area contributed by atoms with Crippen LogP contribution in [0.1, 0.15) is 56.8 Å². The highest BCUT2D eigenvalue weighted by Crippen LogP contribution is 2.53. The molecule has 3 rings (SSSR count). The molecule has 2 heteroatoms. The average molecular weight is 338 g/mol. The molecule has 1 heterocycles. The number of piperidine rings is 1. The molecule has 0 bridgehead atoms. The van der Waals surface area contributed by atoms with Crippen LogP contribution >= 0.6 is 0 Å². The second kappa shape index (κ2) is 7.31. The van der Waals surface area contributed by atoms with E-state index in [1.165, 1.54) is 11.1 Å². The van der Waals surface area contributed by atoms with Crippen molar-refractivity contribution in [2.24, 2.45) is 11.8 Å². The number of hydrogen-bond acceptors (Lipinski definition) is 2. The summed E-state index contributed by atoms with van der Waals surface area (Å²) in [5.74, 6) is 0.352.